The number of aliphatic hydroxyl groups is 1. The summed E-state index contributed by atoms with van der Waals surface area (Å²) in [6.45, 7) is 5.09. The molecule has 2 aliphatic heterocycles. The van der Waals surface area contributed by atoms with Crippen LogP contribution in [0.3, 0.4) is 0 Å². The molecular weight excluding hydrogens is 266 g/mol. The predicted molar refractivity (Wildman–Crippen MR) is 77.9 cm³/mol. The van der Waals surface area contributed by atoms with E-state index in [0.29, 0.717) is 5.75 Å². The van der Waals surface area contributed by atoms with E-state index in [2.05, 4.69) is 11.9 Å². The first-order chi connectivity index (χ1) is 10.1. The number of rotatable bonds is 0. The summed E-state index contributed by atoms with van der Waals surface area (Å²) in [6.07, 6.45) is 4.11. The van der Waals surface area contributed by atoms with Gasteiger partial charge in [0.05, 0.1) is 5.60 Å². The van der Waals surface area contributed by atoms with Crippen molar-refractivity contribution in [1.29, 1.82) is 0 Å². The third kappa shape index (κ3) is 1.25. The van der Waals surface area contributed by atoms with Crippen LogP contribution in [0.15, 0.2) is 18.2 Å². The number of hydrogen-bond acceptors (Lipinski definition) is 4. The molecule has 1 unspecified atom stereocenters. The van der Waals surface area contributed by atoms with Crippen molar-refractivity contribution in [3.05, 3.63) is 29.3 Å². The zero-order chi connectivity index (χ0) is 14.4. The Morgan fingerprint density at radius 3 is 3.05 bits per heavy atom. The van der Waals surface area contributed by atoms with Gasteiger partial charge < -0.3 is 20.3 Å². The van der Waals surface area contributed by atoms with Gasteiger partial charge in [-0.25, -0.2) is 0 Å². The smallest absolute Gasteiger partial charge is 0.211 e. The first-order valence-electron chi connectivity index (χ1n) is 7.75. The molecule has 2 fully saturated rings. The highest BCUT2D eigenvalue weighted by molar-refractivity contribution is 5.71. The molecule has 4 heteroatoms. The Bertz CT molecular complexity index is 698. The highest BCUT2D eigenvalue weighted by Crippen LogP contribution is 2.64. The van der Waals surface area contributed by atoms with Gasteiger partial charge in [0.15, 0.2) is 11.5 Å². The van der Waals surface area contributed by atoms with Crippen LogP contribution in [-0.2, 0) is 11.8 Å². The Hall–Kier alpha value is -1.52. The van der Waals surface area contributed by atoms with Crippen LogP contribution in [0.5, 0.6) is 17.2 Å². The molecule has 0 aromatic heterocycles. The highest BCUT2D eigenvalue weighted by atomic mass is 16.6. The van der Waals surface area contributed by atoms with Crippen molar-refractivity contribution in [1.82, 2.24) is 5.32 Å². The molecule has 1 saturated carbocycles. The summed E-state index contributed by atoms with van der Waals surface area (Å²) >= 11 is 0. The summed E-state index contributed by atoms with van der Waals surface area (Å²) in [5.74, 6) is 1.69. The maximum Gasteiger partial charge on any atom is 0.211 e. The van der Waals surface area contributed by atoms with E-state index in [9.17, 15) is 10.2 Å². The lowest BCUT2D eigenvalue weighted by molar-refractivity contribution is -0.115. The fraction of sp³-hybridized carbons (Fsp3) is 0.529. The molecule has 2 aliphatic carbocycles. The summed E-state index contributed by atoms with van der Waals surface area (Å²) in [5.41, 5.74) is 2.43. The molecule has 4 aliphatic rings. The SMILES string of the molecule is C=C1CCC2(O)[C@H]3Cc4c(cc(O)c5c4O5)[C@@]2(CCN3)C1. The summed E-state index contributed by atoms with van der Waals surface area (Å²) in [7, 11) is 0. The van der Waals surface area contributed by atoms with E-state index in [4.69, 9.17) is 4.74 Å². The molecule has 2 heterocycles. The number of piperidine rings is 1. The third-order valence-corrected chi connectivity index (χ3v) is 6.16. The minimum absolute atomic E-state index is 0.0738. The normalized spacial score (nSPS) is 38.9. The average molecular weight is 285 g/mol. The van der Waals surface area contributed by atoms with E-state index >= 15 is 0 Å². The molecular formula is C17H19NO3. The van der Waals surface area contributed by atoms with Gasteiger partial charge in [0.1, 0.15) is 0 Å². The number of phenols is 1. The van der Waals surface area contributed by atoms with Gasteiger partial charge in [0, 0.05) is 17.0 Å². The maximum absolute atomic E-state index is 11.5. The van der Waals surface area contributed by atoms with Gasteiger partial charge in [0.2, 0.25) is 5.75 Å². The van der Waals surface area contributed by atoms with Crippen molar-refractivity contribution in [3.63, 3.8) is 0 Å². The van der Waals surface area contributed by atoms with E-state index in [0.717, 1.165) is 50.0 Å². The van der Waals surface area contributed by atoms with Crippen LogP contribution >= 0.6 is 0 Å². The lowest BCUT2D eigenvalue weighted by atomic mass is 9.49. The summed E-state index contributed by atoms with van der Waals surface area (Å²) in [6, 6.07) is 1.91. The molecule has 4 nitrogen and oxygen atoms in total. The predicted octanol–water partition coefficient (Wildman–Crippen LogP) is 2.12. The standard InChI is InChI=1S/C17H19NO3/c1-9-2-3-17(20)13-6-10-11(7-12(19)15-14(10)21-15)16(17,8-9)4-5-18-13/h7,13,18-20H,1-6,8H2/t13-,16-,17?/m1/s1. The number of benzene rings is 1. The van der Waals surface area contributed by atoms with Gasteiger partial charge in [-0.3, -0.25) is 0 Å². The van der Waals surface area contributed by atoms with E-state index in [1.54, 1.807) is 0 Å². The van der Waals surface area contributed by atoms with Crippen molar-refractivity contribution >= 4 is 0 Å². The van der Waals surface area contributed by atoms with E-state index in [1.165, 1.54) is 11.1 Å². The largest absolute Gasteiger partial charge is 0.504 e. The first kappa shape index (κ1) is 12.1. The zero-order valence-electron chi connectivity index (χ0n) is 11.9. The Labute approximate surface area is 123 Å². The van der Waals surface area contributed by atoms with E-state index < -0.39 is 5.60 Å². The number of allylic oxidation sites excluding steroid dienone is 1. The molecule has 0 radical (unpaired) electrons. The van der Waals surface area contributed by atoms with Crippen molar-refractivity contribution in [2.45, 2.75) is 49.2 Å². The Kier molecular flexibility index (Phi) is 1.98. The van der Waals surface area contributed by atoms with Crippen molar-refractivity contribution in [3.8, 4) is 17.2 Å². The number of fused-ring (bicyclic) bond motifs is 3. The average Bonchev–Trinajstić information content (AvgIpc) is 3.22. The number of nitrogens with one attached hydrogen (secondary N) is 1. The van der Waals surface area contributed by atoms with Crippen LogP contribution < -0.4 is 10.1 Å². The first-order valence-corrected chi connectivity index (χ1v) is 7.75. The summed E-state index contributed by atoms with van der Waals surface area (Å²) in [4.78, 5) is 0. The van der Waals surface area contributed by atoms with Gasteiger partial charge in [0.25, 0.3) is 0 Å². The fourth-order valence-electron chi connectivity index (χ4n) is 5.11. The second kappa shape index (κ2) is 3.45. The highest BCUT2D eigenvalue weighted by Gasteiger charge is 2.63. The summed E-state index contributed by atoms with van der Waals surface area (Å²) in [5, 5.41) is 25.1. The summed E-state index contributed by atoms with van der Waals surface area (Å²) < 4.78 is 5.49. The quantitative estimate of drug-likeness (QED) is 0.512. The fourth-order valence-corrected chi connectivity index (χ4v) is 5.11. The molecule has 3 N–H and O–H groups in total. The van der Waals surface area contributed by atoms with Crippen molar-refractivity contribution < 1.29 is 14.9 Å². The number of aromatic hydroxyl groups is 1. The van der Waals surface area contributed by atoms with Crippen molar-refractivity contribution in [2.75, 3.05) is 6.54 Å². The lowest BCUT2D eigenvalue weighted by Gasteiger charge is -2.61. The molecule has 110 valence electrons. The number of phenolic OH excluding ortho intramolecular Hbond substituents is 1. The van der Waals surface area contributed by atoms with Crippen LogP contribution in [0, 0.1) is 0 Å². The monoisotopic (exact) mass is 285 g/mol. The molecule has 0 spiro atoms. The van der Waals surface area contributed by atoms with E-state index in [-0.39, 0.29) is 17.2 Å². The van der Waals surface area contributed by atoms with Crippen LogP contribution in [0.1, 0.15) is 36.8 Å². The molecule has 1 aromatic rings. The third-order valence-electron chi connectivity index (χ3n) is 6.16. The van der Waals surface area contributed by atoms with E-state index in [1.807, 2.05) is 6.07 Å². The van der Waals surface area contributed by atoms with Gasteiger partial charge in [-0.2, -0.15) is 0 Å². The Morgan fingerprint density at radius 1 is 1.33 bits per heavy atom. The molecule has 1 aromatic carbocycles. The molecule has 0 amide bonds. The van der Waals surface area contributed by atoms with Crippen LogP contribution in [0.2, 0.25) is 0 Å². The Balaban J connectivity index is 1.81. The second-order valence-corrected chi connectivity index (χ2v) is 7.08. The van der Waals surface area contributed by atoms with Gasteiger partial charge in [-0.15, -0.1) is 0 Å². The van der Waals surface area contributed by atoms with Crippen LogP contribution in [0.4, 0.5) is 0 Å². The molecule has 2 bridgehead atoms. The van der Waals surface area contributed by atoms with Crippen LogP contribution in [0.25, 0.3) is 0 Å². The zero-order valence-corrected chi connectivity index (χ0v) is 11.9. The minimum Gasteiger partial charge on any atom is -0.504 e. The van der Waals surface area contributed by atoms with Gasteiger partial charge in [-0.1, -0.05) is 12.2 Å². The molecule has 21 heavy (non-hydrogen) atoms. The van der Waals surface area contributed by atoms with Gasteiger partial charge >= 0.3 is 0 Å². The number of ether oxygens (including phenoxy) is 1. The molecule has 5 rings (SSSR count). The maximum atomic E-state index is 11.5. The lowest BCUT2D eigenvalue weighted by Crippen LogP contribution is -2.71. The number of hydrogen-bond donors (Lipinski definition) is 3. The Morgan fingerprint density at radius 2 is 2.19 bits per heavy atom. The molecule has 1 saturated heterocycles. The second-order valence-electron chi connectivity index (χ2n) is 7.08. The minimum atomic E-state index is -0.741. The van der Waals surface area contributed by atoms with Crippen LogP contribution in [-0.4, -0.2) is 28.4 Å². The van der Waals surface area contributed by atoms with Crippen molar-refractivity contribution in [2.24, 2.45) is 0 Å². The molecule has 3 atom stereocenters. The topological polar surface area (TPSA) is 65.0 Å². The van der Waals surface area contributed by atoms with Gasteiger partial charge in [-0.05, 0) is 50.3 Å².